The van der Waals surface area contributed by atoms with Crippen LogP contribution >= 0.6 is 11.8 Å². The number of esters is 1. The molecule has 5 heteroatoms. The monoisotopic (exact) mass is 363 g/mol. The van der Waals surface area contributed by atoms with Gasteiger partial charge in [-0.1, -0.05) is 49.8 Å². The Morgan fingerprint density at radius 1 is 1.12 bits per heavy atom. The van der Waals surface area contributed by atoms with Crippen molar-refractivity contribution < 1.29 is 14.3 Å². The van der Waals surface area contributed by atoms with Gasteiger partial charge in [0.2, 0.25) is 0 Å². The average molecular weight is 364 g/mol. The van der Waals surface area contributed by atoms with Gasteiger partial charge >= 0.3 is 5.97 Å². The Morgan fingerprint density at radius 3 is 2.52 bits per heavy atom. The largest absolute Gasteiger partial charge is 0.455 e. The van der Waals surface area contributed by atoms with Crippen molar-refractivity contribution in [3.05, 3.63) is 29.3 Å². The SMILES string of the molecule is Cc1ccc(C)c(SCC(=O)OCC(=O)NC2CCCCCCC2)c1. The molecule has 1 saturated carbocycles. The van der Waals surface area contributed by atoms with Gasteiger partial charge in [-0.25, -0.2) is 0 Å². The van der Waals surface area contributed by atoms with Crippen LogP contribution in [0.15, 0.2) is 23.1 Å². The number of amides is 1. The van der Waals surface area contributed by atoms with E-state index in [1.54, 1.807) is 0 Å². The first-order valence-corrected chi connectivity index (χ1v) is 10.2. The Kier molecular flexibility index (Phi) is 8.32. The van der Waals surface area contributed by atoms with Crippen molar-refractivity contribution in [1.82, 2.24) is 5.32 Å². The lowest BCUT2D eigenvalue weighted by atomic mass is 9.97. The van der Waals surface area contributed by atoms with E-state index in [1.807, 2.05) is 19.9 Å². The lowest BCUT2D eigenvalue weighted by Crippen LogP contribution is -2.38. The van der Waals surface area contributed by atoms with Crippen LogP contribution in [0.1, 0.15) is 56.1 Å². The smallest absolute Gasteiger partial charge is 0.316 e. The number of nitrogens with one attached hydrogen (secondary N) is 1. The summed E-state index contributed by atoms with van der Waals surface area (Å²) in [6.07, 6.45) is 8.18. The number of hydrogen-bond donors (Lipinski definition) is 1. The third kappa shape index (κ3) is 7.51. The van der Waals surface area contributed by atoms with Gasteiger partial charge in [0.25, 0.3) is 5.91 Å². The van der Waals surface area contributed by atoms with E-state index >= 15 is 0 Å². The van der Waals surface area contributed by atoms with Crippen LogP contribution in [-0.2, 0) is 14.3 Å². The summed E-state index contributed by atoms with van der Waals surface area (Å²) in [7, 11) is 0. The summed E-state index contributed by atoms with van der Waals surface area (Å²) in [5, 5.41) is 3.01. The quantitative estimate of drug-likeness (QED) is 0.609. The van der Waals surface area contributed by atoms with E-state index in [1.165, 1.54) is 36.6 Å². The van der Waals surface area contributed by atoms with Crippen molar-refractivity contribution in [1.29, 1.82) is 0 Å². The third-order valence-electron chi connectivity index (χ3n) is 4.52. The molecule has 1 amide bonds. The molecule has 0 aliphatic heterocycles. The van der Waals surface area contributed by atoms with Crippen molar-refractivity contribution in [3.63, 3.8) is 0 Å². The minimum absolute atomic E-state index is 0.178. The van der Waals surface area contributed by atoms with E-state index in [2.05, 4.69) is 17.4 Å². The predicted molar refractivity (Wildman–Crippen MR) is 102 cm³/mol. The van der Waals surface area contributed by atoms with E-state index in [4.69, 9.17) is 4.74 Å². The fourth-order valence-electron chi connectivity index (χ4n) is 3.06. The summed E-state index contributed by atoms with van der Waals surface area (Å²) >= 11 is 1.46. The molecule has 1 aromatic rings. The van der Waals surface area contributed by atoms with Crippen LogP contribution in [0.2, 0.25) is 0 Å². The van der Waals surface area contributed by atoms with Gasteiger partial charge in [0.05, 0.1) is 5.75 Å². The van der Waals surface area contributed by atoms with E-state index in [0.29, 0.717) is 0 Å². The highest BCUT2D eigenvalue weighted by molar-refractivity contribution is 8.00. The van der Waals surface area contributed by atoms with Crippen molar-refractivity contribution in [2.75, 3.05) is 12.4 Å². The van der Waals surface area contributed by atoms with Crippen molar-refractivity contribution in [3.8, 4) is 0 Å². The van der Waals surface area contributed by atoms with Gasteiger partial charge in [-0.3, -0.25) is 9.59 Å². The number of carbonyl (C=O) groups excluding carboxylic acids is 2. The molecule has 1 fully saturated rings. The molecule has 1 aromatic carbocycles. The van der Waals surface area contributed by atoms with Crippen LogP contribution in [0, 0.1) is 13.8 Å². The Hall–Kier alpha value is -1.49. The zero-order valence-corrected chi connectivity index (χ0v) is 16.1. The van der Waals surface area contributed by atoms with Crippen molar-refractivity contribution >= 4 is 23.6 Å². The minimum atomic E-state index is -0.348. The van der Waals surface area contributed by atoms with E-state index in [-0.39, 0.29) is 30.3 Å². The van der Waals surface area contributed by atoms with Gasteiger partial charge in [-0.05, 0) is 38.3 Å². The van der Waals surface area contributed by atoms with Crippen LogP contribution in [0.25, 0.3) is 0 Å². The number of carbonyl (C=O) groups is 2. The molecule has 0 heterocycles. The Labute approximate surface area is 155 Å². The number of benzene rings is 1. The minimum Gasteiger partial charge on any atom is -0.455 e. The van der Waals surface area contributed by atoms with Crippen molar-refractivity contribution in [2.24, 2.45) is 0 Å². The molecule has 1 aliphatic rings. The molecule has 138 valence electrons. The molecule has 25 heavy (non-hydrogen) atoms. The number of ether oxygens (including phenoxy) is 1. The van der Waals surface area contributed by atoms with Crippen LogP contribution in [0.5, 0.6) is 0 Å². The second kappa shape index (κ2) is 10.5. The van der Waals surface area contributed by atoms with E-state index in [9.17, 15) is 9.59 Å². The van der Waals surface area contributed by atoms with Crippen LogP contribution in [0.4, 0.5) is 0 Å². The van der Waals surface area contributed by atoms with E-state index in [0.717, 1.165) is 36.1 Å². The maximum absolute atomic E-state index is 12.0. The maximum atomic E-state index is 12.0. The Balaban J connectivity index is 1.68. The van der Waals surface area contributed by atoms with Crippen LogP contribution in [0.3, 0.4) is 0 Å². The number of rotatable bonds is 6. The molecule has 0 aromatic heterocycles. The summed E-state index contributed by atoms with van der Waals surface area (Å²) in [4.78, 5) is 25.0. The molecule has 0 saturated heterocycles. The highest BCUT2D eigenvalue weighted by Crippen LogP contribution is 2.23. The Bertz CT molecular complexity index is 580. The first-order chi connectivity index (χ1) is 12.0. The summed E-state index contributed by atoms with van der Waals surface area (Å²) in [5.41, 5.74) is 2.31. The molecule has 0 unspecified atom stereocenters. The average Bonchev–Trinajstić information content (AvgIpc) is 2.56. The standard InChI is InChI=1S/C20H29NO3S/c1-15-10-11-16(2)18(12-15)25-14-20(23)24-13-19(22)21-17-8-6-4-3-5-7-9-17/h10-12,17H,3-9,13-14H2,1-2H3,(H,21,22). The molecule has 4 nitrogen and oxygen atoms in total. The highest BCUT2D eigenvalue weighted by atomic mass is 32.2. The zero-order valence-electron chi connectivity index (χ0n) is 15.3. The van der Waals surface area contributed by atoms with Crippen molar-refractivity contribution in [2.45, 2.75) is 69.7 Å². The lowest BCUT2D eigenvalue weighted by molar-refractivity contribution is -0.146. The van der Waals surface area contributed by atoms with Gasteiger partial charge in [-0.2, -0.15) is 0 Å². The second-order valence-corrected chi connectivity index (χ2v) is 7.85. The summed E-state index contributed by atoms with van der Waals surface area (Å²) in [5.74, 6) is -0.310. The number of hydrogen-bond acceptors (Lipinski definition) is 4. The maximum Gasteiger partial charge on any atom is 0.316 e. The molecular weight excluding hydrogens is 334 g/mol. The highest BCUT2D eigenvalue weighted by Gasteiger charge is 2.15. The zero-order chi connectivity index (χ0) is 18.1. The molecular formula is C20H29NO3S. The third-order valence-corrected chi connectivity index (χ3v) is 5.65. The first kappa shape index (κ1) is 19.8. The van der Waals surface area contributed by atoms with Gasteiger partial charge in [0.1, 0.15) is 0 Å². The van der Waals surface area contributed by atoms with E-state index < -0.39 is 0 Å². The first-order valence-electron chi connectivity index (χ1n) is 9.19. The molecule has 0 bridgehead atoms. The van der Waals surface area contributed by atoms with Gasteiger partial charge in [0, 0.05) is 10.9 Å². The van der Waals surface area contributed by atoms with Gasteiger partial charge in [0.15, 0.2) is 6.61 Å². The van der Waals surface area contributed by atoms with Gasteiger partial charge < -0.3 is 10.1 Å². The molecule has 1 aliphatic carbocycles. The number of thioether (sulfide) groups is 1. The predicted octanol–water partition coefficient (Wildman–Crippen LogP) is 4.17. The normalized spacial score (nSPS) is 15.9. The molecule has 2 rings (SSSR count). The fraction of sp³-hybridized carbons (Fsp3) is 0.600. The summed E-state index contributed by atoms with van der Waals surface area (Å²) in [6.45, 7) is 3.87. The molecule has 0 spiro atoms. The summed E-state index contributed by atoms with van der Waals surface area (Å²) in [6, 6.07) is 6.40. The van der Waals surface area contributed by atoms with Crippen LogP contribution < -0.4 is 5.32 Å². The lowest BCUT2D eigenvalue weighted by Gasteiger charge is -2.20. The number of aryl methyl sites for hydroxylation is 2. The van der Waals surface area contributed by atoms with Crippen LogP contribution in [-0.4, -0.2) is 30.3 Å². The molecule has 1 N–H and O–H groups in total. The molecule has 0 radical (unpaired) electrons. The summed E-state index contributed by atoms with van der Waals surface area (Å²) < 4.78 is 5.12. The Morgan fingerprint density at radius 2 is 1.80 bits per heavy atom. The second-order valence-electron chi connectivity index (χ2n) is 6.83. The van der Waals surface area contributed by atoms with Gasteiger partial charge in [-0.15, -0.1) is 11.8 Å². The molecule has 0 atom stereocenters. The topological polar surface area (TPSA) is 55.4 Å². The fourth-order valence-corrected chi connectivity index (χ4v) is 3.98.